The van der Waals surface area contributed by atoms with Crippen LogP contribution in [0.2, 0.25) is 0 Å². The maximum absolute atomic E-state index is 14.3. The first-order valence-electron chi connectivity index (χ1n) is 19.9. The second kappa shape index (κ2) is 19.4. The zero-order chi connectivity index (χ0) is 39.9. The fourth-order valence-electron chi connectivity index (χ4n) is 9.24. The molecule has 1 aromatic rings. The molecule has 4 amide bonds. The highest BCUT2D eigenvalue weighted by Crippen LogP contribution is 2.41. The number of benzene rings is 1. The van der Waals surface area contributed by atoms with Crippen molar-refractivity contribution >= 4 is 29.6 Å². The summed E-state index contributed by atoms with van der Waals surface area (Å²) in [5, 5.41) is 15.7. The molecule has 2 aliphatic heterocycles. The van der Waals surface area contributed by atoms with E-state index in [2.05, 4.69) is 15.5 Å². The number of likely N-dealkylation sites (tertiary alicyclic amines) is 2. The molecule has 302 valence electrons. The van der Waals surface area contributed by atoms with Gasteiger partial charge in [-0.15, -0.1) is 0 Å². The largest absolute Gasteiger partial charge is 0.480 e. The molecular formula is C41H65N5O8. The summed E-state index contributed by atoms with van der Waals surface area (Å²) < 4.78 is 11.9. The summed E-state index contributed by atoms with van der Waals surface area (Å²) in [6, 6.07) is 6.58. The fraction of sp³-hybridized carbons (Fsp3) is 0.732. The molecule has 2 heterocycles. The van der Waals surface area contributed by atoms with Crippen LogP contribution in [0.25, 0.3) is 0 Å². The highest BCUT2D eigenvalue weighted by atomic mass is 16.5. The van der Waals surface area contributed by atoms with Gasteiger partial charge in [-0.1, -0.05) is 71.4 Å². The number of carboxylic acid groups (broad SMARTS) is 1. The third-order valence-electron chi connectivity index (χ3n) is 12.6. The predicted molar refractivity (Wildman–Crippen MR) is 205 cm³/mol. The number of hydrogen-bond donors (Lipinski definition) is 3. The van der Waals surface area contributed by atoms with Gasteiger partial charge >= 0.3 is 5.97 Å². The molecule has 3 N–H and O–H groups in total. The quantitative estimate of drug-likeness (QED) is 0.193. The molecule has 1 saturated carbocycles. The van der Waals surface area contributed by atoms with E-state index in [-0.39, 0.29) is 48.4 Å². The van der Waals surface area contributed by atoms with Gasteiger partial charge in [0.2, 0.25) is 23.6 Å². The van der Waals surface area contributed by atoms with Crippen molar-refractivity contribution in [2.75, 3.05) is 34.9 Å². The van der Waals surface area contributed by atoms with Crippen molar-refractivity contribution in [2.24, 2.45) is 23.7 Å². The molecule has 11 atom stereocenters. The summed E-state index contributed by atoms with van der Waals surface area (Å²) in [6.07, 6.45) is 4.04. The number of nitrogens with zero attached hydrogens (tertiary/aromatic N) is 3. The molecule has 3 fully saturated rings. The Morgan fingerprint density at radius 1 is 0.981 bits per heavy atom. The fourth-order valence-corrected chi connectivity index (χ4v) is 9.24. The number of amides is 4. The third-order valence-corrected chi connectivity index (χ3v) is 12.6. The van der Waals surface area contributed by atoms with Gasteiger partial charge in [0.05, 0.1) is 42.7 Å². The van der Waals surface area contributed by atoms with Crippen molar-refractivity contribution in [3.63, 3.8) is 0 Å². The lowest BCUT2D eigenvalue weighted by atomic mass is 9.89. The van der Waals surface area contributed by atoms with Crippen molar-refractivity contribution < 1.29 is 38.6 Å². The number of nitrogens with one attached hydrogen (secondary N) is 2. The van der Waals surface area contributed by atoms with Crippen LogP contribution in [-0.2, 0) is 39.9 Å². The van der Waals surface area contributed by atoms with Crippen molar-refractivity contribution in [2.45, 2.75) is 134 Å². The van der Waals surface area contributed by atoms with Gasteiger partial charge in [-0.05, 0) is 62.5 Å². The Morgan fingerprint density at radius 3 is 2.22 bits per heavy atom. The lowest BCUT2D eigenvalue weighted by Gasteiger charge is -2.41. The minimum Gasteiger partial charge on any atom is -0.480 e. The van der Waals surface area contributed by atoms with Gasteiger partial charge in [-0.25, -0.2) is 4.79 Å². The highest BCUT2D eigenvalue weighted by Gasteiger charge is 2.49. The second-order valence-corrected chi connectivity index (χ2v) is 16.2. The first-order chi connectivity index (χ1) is 25.6. The number of methoxy groups -OCH3 is 2. The third kappa shape index (κ3) is 9.81. The Kier molecular flexibility index (Phi) is 15.5. The number of likely N-dealkylation sites (N-methyl/N-ethyl adjacent to an activating group) is 2. The molecule has 4 rings (SSSR count). The Labute approximate surface area is 321 Å². The minimum absolute atomic E-state index is 0.00342. The van der Waals surface area contributed by atoms with Gasteiger partial charge in [-0.3, -0.25) is 24.1 Å². The number of ether oxygens (including phenoxy) is 2. The molecule has 1 aromatic carbocycles. The van der Waals surface area contributed by atoms with E-state index in [1.54, 1.807) is 30.9 Å². The van der Waals surface area contributed by atoms with Crippen molar-refractivity contribution in [1.82, 2.24) is 25.3 Å². The van der Waals surface area contributed by atoms with Crippen LogP contribution in [0.3, 0.4) is 0 Å². The van der Waals surface area contributed by atoms with Crippen LogP contribution in [-0.4, -0.2) is 133 Å². The average Bonchev–Trinajstić information content (AvgIpc) is 3.90. The zero-order valence-corrected chi connectivity index (χ0v) is 33.8. The highest BCUT2D eigenvalue weighted by molar-refractivity contribution is 5.90. The molecule has 0 radical (unpaired) electrons. The second-order valence-electron chi connectivity index (χ2n) is 16.2. The van der Waals surface area contributed by atoms with E-state index >= 15 is 0 Å². The van der Waals surface area contributed by atoms with Gasteiger partial charge in [-0.2, -0.15) is 0 Å². The minimum atomic E-state index is -1.13. The van der Waals surface area contributed by atoms with Crippen molar-refractivity contribution in [3.05, 3.63) is 35.9 Å². The molecule has 3 aliphatic rings. The van der Waals surface area contributed by atoms with Crippen LogP contribution in [0.1, 0.15) is 85.1 Å². The van der Waals surface area contributed by atoms with E-state index in [4.69, 9.17) is 9.47 Å². The van der Waals surface area contributed by atoms with Crippen LogP contribution in [0, 0.1) is 23.7 Å². The SMILES string of the molecule is CCC(C)C(C(CC(=O)N1CCC[C@H]1C(OC)C(C)C(=O)NC(Cc1ccccc1)C(=O)O)OC)N(C)C(=O)C(NC(=O)[C@@H]1[C@H]2CC[C@H](C2)N1C)C(C)C. The number of aliphatic carboxylic acids is 1. The normalized spacial score (nSPS) is 25.0. The first kappa shape index (κ1) is 43.2. The predicted octanol–water partition coefficient (Wildman–Crippen LogP) is 3.34. The monoisotopic (exact) mass is 755 g/mol. The molecule has 2 saturated heterocycles. The number of fused-ring (bicyclic) bond motifs is 2. The van der Waals surface area contributed by atoms with E-state index in [0.717, 1.165) is 37.7 Å². The number of carbonyl (C=O) groups is 5. The van der Waals surface area contributed by atoms with E-state index in [9.17, 15) is 29.1 Å². The van der Waals surface area contributed by atoms with Gasteiger partial charge < -0.3 is 35.0 Å². The molecule has 0 aromatic heterocycles. The van der Waals surface area contributed by atoms with E-state index < -0.39 is 54.2 Å². The molecule has 1 aliphatic carbocycles. The maximum atomic E-state index is 14.3. The summed E-state index contributed by atoms with van der Waals surface area (Å²) in [4.78, 5) is 73.3. The summed E-state index contributed by atoms with van der Waals surface area (Å²) in [7, 11) is 6.80. The summed E-state index contributed by atoms with van der Waals surface area (Å²) in [5.41, 5.74) is 0.789. The van der Waals surface area contributed by atoms with Gasteiger partial charge in [0.25, 0.3) is 0 Å². The zero-order valence-electron chi connectivity index (χ0n) is 33.8. The van der Waals surface area contributed by atoms with Crippen LogP contribution in [0.15, 0.2) is 30.3 Å². The lowest BCUT2D eigenvalue weighted by Crippen LogP contribution is -2.60. The number of carboxylic acids is 1. The van der Waals surface area contributed by atoms with Gasteiger partial charge in [0.1, 0.15) is 12.1 Å². The summed E-state index contributed by atoms with van der Waals surface area (Å²) >= 11 is 0. The standard InChI is InChI=1S/C41H65N5O8/c1-10-25(4)35(45(7)40(50)34(24(2)3)43-39(49)36-28-18-19-29(22-28)44(36)6)32(53-8)23-33(47)46-20-14-17-31(46)37(54-9)26(5)38(48)42-30(41(51)52)21-27-15-12-11-13-16-27/h11-13,15-16,24-26,28-32,34-37H,10,14,17-23H2,1-9H3,(H,42,48)(H,43,49)(H,51,52)/t25?,26?,28-,29+,30?,31-,32?,34?,35?,36-,37?/m0/s1. The number of carbonyl (C=O) groups excluding carboxylic acids is 4. The van der Waals surface area contributed by atoms with Crippen LogP contribution in [0.5, 0.6) is 0 Å². The Balaban J connectivity index is 1.46. The van der Waals surface area contributed by atoms with E-state index in [1.165, 1.54) is 7.11 Å². The molecule has 0 spiro atoms. The lowest BCUT2D eigenvalue weighted by molar-refractivity contribution is -0.148. The molecule has 7 unspecified atom stereocenters. The molecule has 13 heteroatoms. The summed E-state index contributed by atoms with van der Waals surface area (Å²) in [6.45, 7) is 10.1. The van der Waals surface area contributed by atoms with E-state index in [0.29, 0.717) is 24.9 Å². The number of hydrogen-bond acceptors (Lipinski definition) is 8. The van der Waals surface area contributed by atoms with Crippen molar-refractivity contribution in [1.29, 1.82) is 0 Å². The molecule has 54 heavy (non-hydrogen) atoms. The van der Waals surface area contributed by atoms with Crippen LogP contribution in [0.4, 0.5) is 0 Å². The van der Waals surface area contributed by atoms with Crippen molar-refractivity contribution in [3.8, 4) is 0 Å². The van der Waals surface area contributed by atoms with Gasteiger partial charge in [0, 0.05) is 40.3 Å². The van der Waals surface area contributed by atoms with Crippen LogP contribution < -0.4 is 10.6 Å². The molecule has 2 bridgehead atoms. The smallest absolute Gasteiger partial charge is 0.326 e. The maximum Gasteiger partial charge on any atom is 0.326 e. The molecular weight excluding hydrogens is 690 g/mol. The Bertz CT molecular complexity index is 1440. The Hall–Kier alpha value is -3.55. The van der Waals surface area contributed by atoms with Gasteiger partial charge in [0.15, 0.2) is 0 Å². The molecule has 13 nitrogen and oxygen atoms in total. The number of rotatable bonds is 19. The average molecular weight is 756 g/mol. The Morgan fingerprint density at radius 2 is 1.67 bits per heavy atom. The van der Waals surface area contributed by atoms with E-state index in [1.807, 2.05) is 65.1 Å². The van der Waals surface area contributed by atoms with Crippen LogP contribution >= 0.6 is 0 Å². The first-order valence-corrected chi connectivity index (χ1v) is 19.9. The summed E-state index contributed by atoms with van der Waals surface area (Å²) in [5.74, 6) is -2.71. The topological polar surface area (TPSA) is 158 Å². The number of piperidine rings is 1.